The highest BCUT2D eigenvalue weighted by molar-refractivity contribution is 6.29. The molecular formula is C14H22ClN5O. The number of nitrogens with zero attached hydrogens (tertiary/aromatic N) is 2. The van der Waals surface area contributed by atoms with Gasteiger partial charge >= 0.3 is 0 Å². The standard InChI is InChI=1S/C14H22ClN5O/c1-20-6-3-10(4-7-20)2-5-17-14(21)11-8-12(15)18-13(9-11)19-16/h8-10H,2-7,16H2,1H3,(H,17,21)(H,18,19). The van der Waals surface area contributed by atoms with Gasteiger partial charge < -0.3 is 15.6 Å². The predicted molar refractivity (Wildman–Crippen MR) is 84.2 cm³/mol. The van der Waals surface area contributed by atoms with Crippen molar-refractivity contribution >= 4 is 23.3 Å². The van der Waals surface area contributed by atoms with E-state index in [9.17, 15) is 4.79 Å². The first kappa shape index (κ1) is 16.0. The fourth-order valence-electron chi connectivity index (χ4n) is 2.54. The molecule has 1 aliphatic heterocycles. The summed E-state index contributed by atoms with van der Waals surface area (Å²) in [5.41, 5.74) is 2.86. The second kappa shape index (κ2) is 7.59. The van der Waals surface area contributed by atoms with Crippen molar-refractivity contribution in [3.8, 4) is 0 Å². The summed E-state index contributed by atoms with van der Waals surface area (Å²) >= 11 is 5.85. The zero-order valence-electron chi connectivity index (χ0n) is 12.2. The van der Waals surface area contributed by atoms with Crippen molar-refractivity contribution in [2.24, 2.45) is 11.8 Å². The topological polar surface area (TPSA) is 83.3 Å². The summed E-state index contributed by atoms with van der Waals surface area (Å²) in [6.45, 7) is 2.97. The summed E-state index contributed by atoms with van der Waals surface area (Å²) < 4.78 is 0. The van der Waals surface area contributed by atoms with E-state index in [4.69, 9.17) is 17.4 Å². The van der Waals surface area contributed by atoms with Gasteiger partial charge in [-0.15, -0.1) is 0 Å². The molecule has 7 heteroatoms. The lowest BCUT2D eigenvalue weighted by Crippen LogP contribution is -2.32. The zero-order chi connectivity index (χ0) is 15.2. The first-order valence-electron chi connectivity index (χ1n) is 7.19. The highest BCUT2D eigenvalue weighted by Gasteiger charge is 2.16. The second-order valence-corrected chi connectivity index (χ2v) is 5.89. The summed E-state index contributed by atoms with van der Waals surface area (Å²) in [6.07, 6.45) is 3.42. The Balaban J connectivity index is 1.80. The van der Waals surface area contributed by atoms with Crippen molar-refractivity contribution < 1.29 is 4.79 Å². The maximum atomic E-state index is 12.1. The van der Waals surface area contributed by atoms with Crippen molar-refractivity contribution in [3.63, 3.8) is 0 Å². The monoisotopic (exact) mass is 311 g/mol. The molecule has 1 aliphatic rings. The molecule has 116 valence electrons. The molecule has 6 nitrogen and oxygen atoms in total. The number of anilines is 1. The maximum Gasteiger partial charge on any atom is 0.251 e. The Morgan fingerprint density at radius 2 is 2.19 bits per heavy atom. The lowest BCUT2D eigenvalue weighted by Gasteiger charge is -2.28. The third-order valence-corrected chi connectivity index (χ3v) is 4.07. The minimum Gasteiger partial charge on any atom is -0.352 e. The molecule has 0 atom stereocenters. The molecule has 1 fully saturated rings. The lowest BCUT2D eigenvalue weighted by molar-refractivity contribution is 0.0949. The van der Waals surface area contributed by atoms with Crippen LogP contribution in [0.3, 0.4) is 0 Å². The SMILES string of the molecule is CN1CCC(CCNC(=O)c2cc(Cl)nc(NN)c2)CC1. The lowest BCUT2D eigenvalue weighted by atomic mass is 9.94. The van der Waals surface area contributed by atoms with E-state index >= 15 is 0 Å². The maximum absolute atomic E-state index is 12.1. The Hall–Kier alpha value is -1.37. The Morgan fingerprint density at radius 1 is 1.48 bits per heavy atom. The van der Waals surface area contributed by atoms with E-state index in [-0.39, 0.29) is 11.1 Å². The molecule has 0 spiro atoms. The van der Waals surface area contributed by atoms with Crippen LogP contribution in [0.25, 0.3) is 0 Å². The summed E-state index contributed by atoms with van der Waals surface area (Å²) in [4.78, 5) is 18.4. The Kier molecular flexibility index (Phi) is 5.78. The van der Waals surface area contributed by atoms with Crippen LogP contribution in [0.4, 0.5) is 5.82 Å². The normalized spacial score (nSPS) is 16.7. The van der Waals surface area contributed by atoms with Gasteiger partial charge in [0, 0.05) is 12.1 Å². The summed E-state index contributed by atoms with van der Waals surface area (Å²) in [6, 6.07) is 3.12. The number of piperidine rings is 1. The molecule has 0 unspecified atom stereocenters. The third kappa shape index (κ3) is 4.84. The number of likely N-dealkylation sites (tertiary alicyclic amines) is 1. The van der Waals surface area contributed by atoms with Crippen molar-refractivity contribution in [3.05, 3.63) is 22.8 Å². The average molecular weight is 312 g/mol. The van der Waals surface area contributed by atoms with Gasteiger partial charge in [-0.05, 0) is 57.5 Å². The molecule has 1 saturated heterocycles. The Morgan fingerprint density at radius 3 is 2.86 bits per heavy atom. The van der Waals surface area contributed by atoms with Crippen LogP contribution in [0, 0.1) is 5.92 Å². The largest absolute Gasteiger partial charge is 0.352 e. The van der Waals surface area contributed by atoms with E-state index in [2.05, 4.69) is 27.7 Å². The molecule has 0 saturated carbocycles. The quantitative estimate of drug-likeness (QED) is 0.436. The molecule has 0 radical (unpaired) electrons. The van der Waals surface area contributed by atoms with Crippen LogP contribution >= 0.6 is 11.6 Å². The number of hydrogen-bond donors (Lipinski definition) is 3. The van der Waals surface area contributed by atoms with E-state index in [1.54, 1.807) is 6.07 Å². The zero-order valence-corrected chi connectivity index (χ0v) is 13.0. The number of amides is 1. The Labute approximate surface area is 130 Å². The number of nitrogens with two attached hydrogens (primary N) is 1. The van der Waals surface area contributed by atoms with Gasteiger partial charge in [-0.2, -0.15) is 0 Å². The van der Waals surface area contributed by atoms with Gasteiger partial charge in [0.05, 0.1) is 0 Å². The number of carbonyl (C=O) groups is 1. The first-order chi connectivity index (χ1) is 10.1. The van der Waals surface area contributed by atoms with Gasteiger partial charge in [0.1, 0.15) is 11.0 Å². The van der Waals surface area contributed by atoms with Crippen molar-refractivity contribution in [1.29, 1.82) is 0 Å². The van der Waals surface area contributed by atoms with Gasteiger partial charge in [-0.1, -0.05) is 11.6 Å². The van der Waals surface area contributed by atoms with Crippen LogP contribution in [0.1, 0.15) is 29.6 Å². The highest BCUT2D eigenvalue weighted by Crippen LogP contribution is 2.19. The van der Waals surface area contributed by atoms with Gasteiger partial charge in [-0.25, -0.2) is 10.8 Å². The van der Waals surface area contributed by atoms with Crippen LogP contribution in [0.2, 0.25) is 5.15 Å². The van der Waals surface area contributed by atoms with Crippen molar-refractivity contribution in [1.82, 2.24) is 15.2 Å². The molecule has 0 bridgehead atoms. The highest BCUT2D eigenvalue weighted by atomic mass is 35.5. The smallest absolute Gasteiger partial charge is 0.251 e. The molecule has 2 heterocycles. The number of hydrogen-bond acceptors (Lipinski definition) is 5. The fraction of sp³-hybridized carbons (Fsp3) is 0.571. The van der Waals surface area contributed by atoms with E-state index in [0.29, 0.717) is 23.8 Å². The van der Waals surface area contributed by atoms with Crippen LogP contribution < -0.4 is 16.6 Å². The van der Waals surface area contributed by atoms with Crippen LogP contribution in [-0.2, 0) is 0 Å². The molecule has 21 heavy (non-hydrogen) atoms. The molecule has 4 N–H and O–H groups in total. The fourth-order valence-corrected chi connectivity index (χ4v) is 2.75. The summed E-state index contributed by atoms with van der Waals surface area (Å²) in [7, 11) is 2.15. The van der Waals surface area contributed by atoms with Gasteiger partial charge in [-0.3, -0.25) is 4.79 Å². The second-order valence-electron chi connectivity index (χ2n) is 5.50. The van der Waals surface area contributed by atoms with Crippen molar-refractivity contribution in [2.75, 3.05) is 32.1 Å². The molecule has 1 aromatic heterocycles. The molecule has 0 aliphatic carbocycles. The summed E-state index contributed by atoms with van der Waals surface area (Å²) in [5.74, 6) is 6.22. The molecule has 1 amide bonds. The molecule has 1 aromatic rings. The number of halogens is 1. The van der Waals surface area contributed by atoms with Crippen LogP contribution in [0.5, 0.6) is 0 Å². The number of carbonyl (C=O) groups excluding carboxylic acids is 1. The van der Waals surface area contributed by atoms with Crippen LogP contribution in [-0.4, -0.2) is 42.5 Å². The van der Waals surface area contributed by atoms with E-state index in [1.807, 2.05) is 0 Å². The average Bonchev–Trinajstić information content (AvgIpc) is 2.48. The number of rotatable bonds is 5. The number of nitrogen functional groups attached to an aromatic ring is 1. The number of pyridine rings is 1. The molecule has 0 aromatic carbocycles. The van der Waals surface area contributed by atoms with Gasteiger partial charge in [0.25, 0.3) is 5.91 Å². The Bertz CT molecular complexity index is 488. The molecule has 2 rings (SSSR count). The number of hydrazine groups is 1. The van der Waals surface area contributed by atoms with Gasteiger partial charge in [0.2, 0.25) is 0 Å². The van der Waals surface area contributed by atoms with E-state index in [0.717, 1.165) is 19.5 Å². The third-order valence-electron chi connectivity index (χ3n) is 3.88. The minimum absolute atomic E-state index is 0.149. The van der Waals surface area contributed by atoms with E-state index in [1.165, 1.54) is 18.9 Å². The number of nitrogens with one attached hydrogen (secondary N) is 2. The van der Waals surface area contributed by atoms with Crippen molar-refractivity contribution in [2.45, 2.75) is 19.3 Å². The van der Waals surface area contributed by atoms with Crippen LogP contribution in [0.15, 0.2) is 12.1 Å². The molecular weight excluding hydrogens is 290 g/mol. The number of aromatic nitrogens is 1. The first-order valence-corrected chi connectivity index (χ1v) is 7.57. The summed E-state index contributed by atoms with van der Waals surface area (Å²) in [5, 5.41) is 3.17. The predicted octanol–water partition coefficient (Wildman–Crippen LogP) is 1.48. The minimum atomic E-state index is -0.149. The van der Waals surface area contributed by atoms with Gasteiger partial charge in [0.15, 0.2) is 0 Å². The van der Waals surface area contributed by atoms with E-state index < -0.39 is 0 Å².